The van der Waals surface area contributed by atoms with Gasteiger partial charge in [0, 0.05) is 50.6 Å². The third-order valence-electron chi connectivity index (χ3n) is 5.69. The summed E-state index contributed by atoms with van der Waals surface area (Å²) in [5, 5.41) is 12.5. The summed E-state index contributed by atoms with van der Waals surface area (Å²) in [5.41, 5.74) is 1.16. The highest BCUT2D eigenvalue weighted by molar-refractivity contribution is 5.40. The van der Waals surface area contributed by atoms with Gasteiger partial charge in [-0.15, -0.1) is 10.2 Å². The number of nitrogens with one attached hydrogen (secondary N) is 1. The Hall–Kier alpha value is -2.12. The normalized spacial score (nSPS) is 20.7. The molecule has 7 heteroatoms. The van der Waals surface area contributed by atoms with Gasteiger partial charge in [-0.05, 0) is 37.6 Å². The average Bonchev–Trinajstić information content (AvgIpc) is 3.03. The fraction of sp³-hybridized carbons (Fsp3) is 0.600. The van der Waals surface area contributed by atoms with Gasteiger partial charge in [-0.2, -0.15) is 0 Å². The van der Waals surface area contributed by atoms with Gasteiger partial charge in [0.05, 0.1) is 14.2 Å². The van der Waals surface area contributed by atoms with Crippen molar-refractivity contribution in [2.24, 2.45) is 0 Å². The third kappa shape index (κ3) is 3.94. The van der Waals surface area contributed by atoms with Crippen LogP contribution in [0.1, 0.15) is 36.0 Å². The molecule has 0 radical (unpaired) electrons. The summed E-state index contributed by atoms with van der Waals surface area (Å²) in [6.45, 7) is 5.88. The van der Waals surface area contributed by atoms with Gasteiger partial charge in [-0.25, -0.2) is 0 Å². The molecular weight excluding hydrogens is 342 g/mol. The number of fused-ring (bicyclic) bond motifs is 1. The van der Waals surface area contributed by atoms with E-state index in [-0.39, 0.29) is 0 Å². The molecular formula is C20H29N5O2. The summed E-state index contributed by atoms with van der Waals surface area (Å²) in [4.78, 5) is 2.47. The largest absolute Gasteiger partial charge is 0.497 e. The molecule has 1 atom stereocenters. The standard InChI is InChI=1S/C20H29N5O2/c1-26-17-5-6-18(27-2)16(12-17)14-24-9-7-19-22-23-20(25(19)11-10-24)15-4-3-8-21-13-15/h5-6,12,15,21H,3-4,7-11,13-14H2,1-2H3/t15-/m0/s1. The van der Waals surface area contributed by atoms with E-state index in [1.165, 1.54) is 12.8 Å². The molecule has 0 spiro atoms. The van der Waals surface area contributed by atoms with Crippen molar-refractivity contribution in [1.82, 2.24) is 25.0 Å². The topological polar surface area (TPSA) is 64.4 Å². The smallest absolute Gasteiger partial charge is 0.137 e. The van der Waals surface area contributed by atoms with Crippen LogP contribution in [0.5, 0.6) is 11.5 Å². The Morgan fingerprint density at radius 3 is 2.85 bits per heavy atom. The van der Waals surface area contributed by atoms with E-state index in [0.717, 1.165) is 74.4 Å². The zero-order valence-corrected chi connectivity index (χ0v) is 16.3. The lowest BCUT2D eigenvalue weighted by molar-refractivity contribution is 0.264. The quantitative estimate of drug-likeness (QED) is 0.865. The maximum absolute atomic E-state index is 5.55. The van der Waals surface area contributed by atoms with Crippen LogP contribution in [0.4, 0.5) is 0 Å². The number of hydrogen-bond acceptors (Lipinski definition) is 6. The number of methoxy groups -OCH3 is 2. The molecule has 1 N–H and O–H groups in total. The van der Waals surface area contributed by atoms with Crippen molar-refractivity contribution in [3.8, 4) is 11.5 Å². The molecule has 27 heavy (non-hydrogen) atoms. The second-order valence-electron chi connectivity index (χ2n) is 7.37. The summed E-state index contributed by atoms with van der Waals surface area (Å²) >= 11 is 0. The SMILES string of the molecule is COc1ccc(OC)c(CN2CCc3nnc([C@H]4CCCNC4)n3CC2)c1. The van der Waals surface area contributed by atoms with Gasteiger partial charge in [-0.1, -0.05) is 0 Å². The van der Waals surface area contributed by atoms with Crippen LogP contribution < -0.4 is 14.8 Å². The highest BCUT2D eigenvalue weighted by Crippen LogP contribution is 2.27. The minimum absolute atomic E-state index is 0.491. The molecule has 1 aromatic carbocycles. The first kappa shape index (κ1) is 18.3. The molecule has 146 valence electrons. The van der Waals surface area contributed by atoms with Gasteiger partial charge in [0.2, 0.25) is 0 Å². The number of ether oxygens (including phenoxy) is 2. The molecule has 1 aromatic heterocycles. The molecule has 1 fully saturated rings. The van der Waals surface area contributed by atoms with Crippen LogP contribution in [-0.4, -0.2) is 60.1 Å². The first-order chi connectivity index (χ1) is 13.3. The highest BCUT2D eigenvalue weighted by Gasteiger charge is 2.25. The summed E-state index contributed by atoms with van der Waals surface area (Å²) in [5.74, 6) is 4.55. The first-order valence-electron chi connectivity index (χ1n) is 9.84. The fourth-order valence-electron chi connectivity index (χ4n) is 4.17. The number of hydrogen-bond donors (Lipinski definition) is 1. The van der Waals surface area contributed by atoms with Gasteiger partial charge in [0.15, 0.2) is 0 Å². The van der Waals surface area contributed by atoms with E-state index in [1.807, 2.05) is 12.1 Å². The zero-order chi connectivity index (χ0) is 18.6. The van der Waals surface area contributed by atoms with E-state index in [2.05, 4.69) is 31.0 Å². The van der Waals surface area contributed by atoms with Crippen LogP contribution >= 0.6 is 0 Å². The van der Waals surface area contributed by atoms with Gasteiger partial charge in [0.25, 0.3) is 0 Å². The Balaban J connectivity index is 1.47. The molecule has 0 bridgehead atoms. The maximum Gasteiger partial charge on any atom is 0.137 e. The summed E-state index contributed by atoms with van der Waals surface area (Å²) in [6, 6.07) is 5.99. The van der Waals surface area contributed by atoms with Crippen molar-refractivity contribution < 1.29 is 9.47 Å². The van der Waals surface area contributed by atoms with Crippen molar-refractivity contribution in [3.05, 3.63) is 35.4 Å². The van der Waals surface area contributed by atoms with Crippen LogP contribution in [0.3, 0.4) is 0 Å². The predicted molar refractivity (Wildman–Crippen MR) is 103 cm³/mol. The number of benzene rings is 1. The van der Waals surface area contributed by atoms with Crippen LogP contribution in [0.15, 0.2) is 18.2 Å². The minimum Gasteiger partial charge on any atom is -0.497 e. The number of nitrogens with zero attached hydrogens (tertiary/aromatic N) is 4. The molecule has 0 amide bonds. The van der Waals surface area contributed by atoms with E-state index in [0.29, 0.717) is 5.92 Å². The summed E-state index contributed by atoms with van der Waals surface area (Å²) < 4.78 is 13.3. The van der Waals surface area contributed by atoms with Crippen LogP contribution in [0, 0.1) is 0 Å². The minimum atomic E-state index is 0.491. The Morgan fingerprint density at radius 1 is 1.15 bits per heavy atom. The predicted octanol–water partition coefficient (Wildman–Crippen LogP) is 1.82. The molecule has 0 aliphatic carbocycles. The van der Waals surface area contributed by atoms with E-state index in [4.69, 9.17) is 9.47 Å². The third-order valence-corrected chi connectivity index (χ3v) is 5.69. The second kappa shape index (κ2) is 8.27. The Morgan fingerprint density at radius 2 is 2.07 bits per heavy atom. The van der Waals surface area contributed by atoms with E-state index >= 15 is 0 Å². The van der Waals surface area contributed by atoms with Crippen molar-refractivity contribution in [2.75, 3.05) is 40.4 Å². The maximum atomic E-state index is 5.55. The van der Waals surface area contributed by atoms with Gasteiger partial charge < -0.3 is 19.4 Å². The van der Waals surface area contributed by atoms with E-state index < -0.39 is 0 Å². The summed E-state index contributed by atoms with van der Waals surface area (Å²) in [7, 11) is 3.42. The second-order valence-corrected chi connectivity index (χ2v) is 7.37. The number of aromatic nitrogens is 3. The van der Waals surface area contributed by atoms with Crippen LogP contribution in [0.25, 0.3) is 0 Å². The van der Waals surface area contributed by atoms with Crippen molar-refractivity contribution in [3.63, 3.8) is 0 Å². The van der Waals surface area contributed by atoms with Gasteiger partial charge >= 0.3 is 0 Å². The van der Waals surface area contributed by atoms with E-state index in [9.17, 15) is 0 Å². The zero-order valence-electron chi connectivity index (χ0n) is 16.3. The van der Waals surface area contributed by atoms with Crippen LogP contribution in [0.2, 0.25) is 0 Å². The Bertz CT molecular complexity index is 770. The molecule has 0 saturated carbocycles. The summed E-state index contributed by atoms with van der Waals surface area (Å²) in [6.07, 6.45) is 3.35. The molecule has 4 rings (SSSR count). The molecule has 7 nitrogen and oxygen atoms in total. The lowest BCUT2D eigenvalue weighted by atomic mass is 9.99. The molecule has 2 aliphatic rings. The monoisotopic (exact) mass is 371 g/mol. The molecule has 1 saturated heterocycles. The van der Waals surface area contributed by atoms with Gasteiger partial charge in [0.1, 0.15) is 23.1 Å². The molecule has 3 heterocycles. The molecule has 2 aromatic rings. The highest BCUT2D eigenvalue weighted by atomic mass is 16.5. The molecule has 2 aliphatic heterocycles. The van der Waals surface area contributed by atoms with Crippen molar-refractivity contribution >= 4 is 0 Å². The lowest BCUT2D eigenvalue weighted by Crippen LogP contribution is -2.31. The first-order valence-corrected chi connectivity index (χ1v) is 9.84. The number of piperidine rings is 1. The van der Waals surface area contributed by atoms with E-state index in [1.54, 1.807) is 14.2 Å². The molecule has 0 unspecified atom stereocenters. The number of rotatable bonds is 5. The lowest BCUT2D eigenvalue weighted by Gasteiger charge is -2.23. The van der Waals surface area contributed by atoms with Crippen LogP contribution in [-0.2, 0) is 19.5 Å². The van der Waals surface area contributed by atoms with Gasteiger partial charge in [-0.3, -0.25) is 4.90 Å². The van der Waals surface area contributed by atoms with Crippen molar-refractivity contribution in [1.29, 1.82) is 0 Å². The Kier molecular flexibility index (Phi) is 5.59. The Labute approximate surface area is 160 Å². The van der Waals surface area contributed by atoms with Crippen molar-refractivity contribution in [2.45, 2.75) is 38.3 Å². The fourth-order valence-corrected chi connectivity index (χ4v) is 4.17. The average molecular weight is 371 g/mol.